The number of halogens is 1. The number of hydrogen-bond donors (Lipinski definition) is 1. The van der Waals surface area contributed by atoms with E-state index in [1.165, 1.54) is 0 Å². The van der Waals surface area contributed by atoms with Gasteiger partial charge in [0.2, 0.25) is 0 Å². The standard InChI is InChI=1S/C24H25ClN4O2S/c1-17-8-9-19(14-21(17)25)26-23(30)28(12-13-31-2)11-10-20-16-32-24-27-22(15-29(20)24)18-6-4-3-5-7-18/h3-9,14-16H,10-13H2,1-2H3,(H,26,30). The van der Waals surface area contributed by atoms with Gasteiger partial charge in [0.05, 0.1) is 12.3 Å². The van der Waals surface area contributed by atoms with Gasteiger partial charge in [-0.3, -0.25) is 4.40 Å². The predicted octanol–water partition coefficient (Wildman–Crippen LogP) is 5.75. The number of fused-ring (bicyclic) bond motifs is 1. The van der Waals surface area contributed by atoms with Gasteiger partial charge in [0.1, 0.15) is 0 Å². The molecule has 2 heterocycles. The number of imidazole rings is 1. The number of amides is 2. The third-order valence-electron chi connectivity index (χ3n) is 5.27. The summed E-state index contributed by atoms with van der Waals surface area (Å²) >= 11 is 7.80. The zero-order valence-electron chi connectivity index (χ0n) is 18.0. The van der Waals surface area contributed by atoms with Crippen molar-refractivity contribution in [2.45, 2.75) is 13.3 Å². The average molecular weight is 469 g/mol. The number of thiazole rings is 1. The highest BCUT2D eigenvalue weighted by Gasteiger charge is 2.16. The van der Waals surface area contributed by atoms with Gasteiger partial charge in [-0.2, -0.15) is 0 Å². The number of rotatable bonds is 8. The van der Waals surface area contributed by atoms with Crippen LogP contribution < -0.4 is 5.32 Å². The molecular formula is C24H25ClN4O2S. The van der Waals surface area contributed by atoms with Crippen molar-refractivity contribution in [1.29, 1.82) is 0 Å². The Kier molecular flexibility index (Phi) is 7.09. The van der Waals surface area contributed by atoms with Crippen LogP contribution in [-0.4, -0.2) is 47.1 Å². The summed E-state index contributed by atoms with van der Waals surface area (Å²) in [6.07, 6.45) is 2.76. The lowest BCUT2D eigenvalue weighted by atomic mass is 10.2. The third-order valence-corrected chi connectivity index (χ3v) is 6.56. The number of carbonyl (C=O) groups excluding carboxylic acids is 1. The van der Waals surface area contributed by atoms with Crippen LogP contribution >= 0.6 is 22.9 Å². The molecule has 4 rings (SSSR count). The first kappa shape index (κ1) is 22.3. The summed E-state index contributed by atoms with van der Waals surface area (Å²) in [5.74, 6) is 0. The Morgan fingerprint density at radius 2 is 2.03 bits per heavy atom. The van der Waals surface area contributed by atoms with Crippen molar-refractivity contribution in [2.24, 2.45) is 0 Å². The lowest BCUT2D eigenvalue weighted by Crippen LogP contribution is -2.38. The van der Waals surface area contributed by atoms with Crippen molar-refractivity contribution in [3.63, 3.8) is 0 Å². The van der Waals surface area contributed by atoms with E-state index < -0.39 is 0 Å². The van der Waals surface area contributed by atoms with Crippen molar-refractivity contribution in [3.05, 3.63) is 76.4 Å². The molecule has 0 atom stereocenters. The van der Waals surface area contributed by atoms with Gasteiger partial charge >= 0.3 is 6.03 Å². The molecule has 2 aromatic heterocycles. The summed E-state index contributed by atoms with van der Waals surface area (Å²) in [5, 5.41) is 5.67. The highest BCUT2D eigenvalue weighted by molar-refractivity contribution is 7.15. The van der Waals surface area contributed by atoms with Crippen LogP contribution in [0.5, 0.6) is 0 Å². The van der Waals surface area contributed by atoms with E-state index >= 15 is 0 Å². The molecule has 0 bridgehead atoms. The molecule has 0 aliphatic rings. The van der Waals surface area contributed by atoms with E-state index in [1.807, 2.05) is 37.3 Å². The van der Waals surface area contributed by atoms with Gasteiger partial charge in [-0.25, -0.2) is 9.78 Å². The second-order valence-corrected chi connectivity index (χ2v) is 8.74. The number of anilines is 1. The number of urea groups is 1. The molecule has 0 saturated carbocycles. The molecule has 166 valence electrons. The Bertz CT molecular complexity index is 1210. The summed E-state index contributed by atoms with van der Waals surface area (Å²) in [5.41, 5.74) is 4.80. The maximum Gasteiger partial charge on any atom is 0.321 e. The van der Waals surface area contributed by atoms with Crippen LogP contribution in [0, 0.1) is 6.92 Å². The van der Waals surface area contributed by atoms with Crippen molar-refractivity contribution in [3.8, 4) is 11.3 Å². The van der Waals surface area contributed by atoms with Gasteiger partial charge in [0.15, 0.2) is 4.96 Å². The van der Waals surface area contributed by atoms with Gasteiger partial charge in [0.25, 0.3) is 0 Å². The van der Waals surface area contributed by atoms with E-state index in [0.717, 1.165) is 27.5 Å². The average Bonchev–Trinajstić information content (AvgIpc) is 3.38. The van der Waals surface area contributed by atoms with Crippen molar-refractivity contribution in [1.82, 2.24) is 14.3 Å². The molecule has 0 fully saturated rings. The Hall–Kier alpha value is -2.87. The molecule has 6 nitrogen and oxygen atoms in total. The number of hydrogen-bond acceptors (Lipinski definition) is 4. The zero-order chi connectivity index (χ0) is 22.5. The summed E-state index contributed by atoms with van der Waals surface area (Å²) in [7, 11) is 1.63. The fourth-order valence-electron chi connectivity index (χ4n) is 3.40. The number of ether oxygens (including phenoxy) is 1. The highest BCUT2D eigenvalue weighted by atomic mass is 35.5. The minimum Gasteiger partial charge on any atom is -0.383 e. The van der Waals surface area contributed by atoms with Gasteiger partial charge < -0.3 is 15.0 Å². The first-order valence-corrected chi connectivity index (χ1v) is 11.6. The molecule has 0 aliphatic carbocycles. The second-order valence-electron chi connectivity index (χ2n) is 7.50. The van der Waals surface area contributed by atoms with Crippen LogP contribution in [0.4, 0.5) is 10.5 Å². The largest absolute Gasteiger partial charge is 0.383 e. The van der Waals surface area contributed by atoms with E-state index in [1.54, 1.807) is 29.4 Å². The Balaban J connectivity index is 1.47. The van der Waals surface area contributed by atoms with E-state index in [0.29, 0.717) is 36.8 Å². The topological polar surface area (TPSA) is 58.9 Å². The van der Waals surface area contributed by atoms with Crippen LogP contribution in [0.2, 0.25) is 5.02 Å². The molecule has 8 heteroatoms. The van der Waals surface area contributed by atoms with E-state index in [-0.39, 0.29) is 6.03 Å². The molecule has 0 spiro atoms. The number of nitrogens with zero attached hydrogens (tertiary/aromatic N) is 3. The molecular weight excluding hydrogens is 444 g/mol. The molecule has 2 aromatic carbocycles. The lowest BCUT2D eigenvalue weighted by Gasteiger charge is -2.23. The van der Waals surface area contributed by atoms with Crippen LogP contribution in [-0.2, 0) is 11.2 Å². The summed E-state index contributed by atoms with van der Waals surface area (Å²) in [6, 6.07) is 15.5. The fourth-order valence-corrected chi connectivity index (χ4v) is 4.48. The summed E-state index contributed by atoms with van der Waals surface area (Å²) in [6.45, 7) is 3.44. The molecule has 0 aliphatic heterocycles. The van der Waals surface area contributed by atoms with E-state index in [2.05, 4.69) is 33.4 Å². The quantitative estimate of drug-likeness (QED) is 0.358. The maximum atomic E-state index is 12.9. The van der Waals surface area contributed by atoms with Gasteiger partial charge in [-0.15, -0.1) is 11.3 Å². The van der Waals surface area contributed by atoms with Crippen LogP contribution in [0.3, 0.4) is 0 Å². The van der Waals surface area contributed by atoms with Crippen molar-refractivity contribution >= 4 is 39.6 Å². The van der Waals surface area contributed by atoms with Gasteiger partial charge in [-0.05, 0) is 24.6 Å². The molecule has 2 amide bonds. The predicted molar refractivity (Wildman–Crippen MR) is 131 cm³/mol. The number of aromatic nitrogens is 2. The third kappa shape index (κ3) is 5.12. The first-order chi connectivity index (χ1) is 15.5. The normalized spacial score (nSPS) is 11.1. The minimum absolute atomic E-state index is 0.177. The Morgan fingerprint density at radius 3 is 2.78 bits per heavy atom. The minimum atomic E-state index is -0.177. The number of benzene rings is 2. The van der Waals surface area contributed by atoms with Crippen LogP contribution in [0.15, 0.2) is 60.1 Å². The monoisotopic (exact) mass is 468 g/mol. The molecule has 4 aromatic rings. The number of nitrogens with one attached hydrogen (secondary N) is 1. The number of methoxy groups -OCH3 is 1. The van der Waals surface area contributed by atoms with E-state index in [9.17, 15) is 4.79 Å². The van der Waals surface area contributed by atoms with E-state index in [4.69, 9.17) is 21.3 Å². The number of aryl methyl sites for hydroxylation is 1. The van der Waals surface area contributed by atoms with Gasteiger partial charge in [-0.1, -0.05) is 48.0 Å². The highest BCUT2D eigenvalue weighted by Crippen LogP contribution is 2.24. The lowest BCUT2D eigenvalue weighted by molar-refractivity contribution is 0.155. The zero-order valence-corrected chi connectivity index (χ0v) is 19.6. The number of carbonyl (C=O) groups is 1. The smallest absolute Gasteiger partial charge is 0.321 e. The van der Waals surface area contributed by atoms with Crippen molar-refractivity contribution < 1.29 is 9.53 Å². The van der Waals surface area contributed by atoms with Crippen LogP contribution in [0.1, 0.15) is 11.3 Å². The Labute approximate surface area is 196 Å². The molecule has 0 radical (unpaired) electrons. The second kappa shape index (κ2) is 10.2. The van der Waals surface area contributed by atoms with Crippen molar-refractivity contribution in [2.75, 3.05) is 32.1 Å². The maximum absolute atomic E-state index is 12.9. The fraction of sp³-hybridized carbons (Fsp3) is 0.250. The Morgan fingerprint density at radius 1 is 1.22 bits per heavy atom. The molecule has 1 N–H and O–H groups in total. The summed E-state index contributed by atoms with van der Waals surface area (Å²) < 4.78 is 7.32. The molecule has 0 unspecified atom stereocenters. The summed E-state index contributed by atoms with van der Waals surface area (Å²) in [4.78, 5) is 20.4. The molecule has 0 saturated heterocycles. The first-order valence-electron chi connectivity index (χ1n) is 10.4. The van der Waals surface area contributed by atoms with Crippen LogP contribution in [0.25, 0.3) is 16.2 Å². The molecule has 32 heavy (non-hydrogen) atoms. The SMILES string of the molecule is COCCN(CCc1csc2nc(-c3ccccc3)cn12)C(=O)Nc1ccc(C)c(Cl)c1. The van der Waals surface area contributed by atoms with Gasteiger partial charge in [0, 0.05) is 60.2 Å².